The maximum atomic E-state index is 13.1. The van der Waals surface area contributed by atoms with Crippen molar-refractivity contribution >= 4 is 11.6 Å². The lowest BCUT2D eigenvalue weighted by Gasteiger charge is -2.19. The predicted octanol–water partition coefficient (Wildman–Crippen LogP) is 3.37. The summed E-state index contributed by atoms with van der Waals surface area (Å²) in [6.45, 7) is 7.63. The lowest BCUT2D eigenvalue weighted by molar-refractivity contribution is 0.0914. The Labute approximate surface area is 139 Å². The van der Waals surface area contributed by atoms with Crippen molar-refractivity contribution in [2.45, 2.75) is 33.2 Å². The Bertz CT molecular complexity index is 907. The fourth-order valence-corrected chi connectivity index (χ4v) is 2.41. The van der Waals surface area contributed by atoms with E-state index in [4.69, 9.17) is 0 Å². The molecule has 5 nitrogen and oxygen atoms in total. The molecule has 0 aliphatic rings. The summed E-state index contributed by atoms with van der Waals surface area (Å²) >= 11 is 0. The van der Waals surface area contributed by atoms with Crippen LogP contribution in [0, 0.1) is 12.7 Å². The molecule has 0 radical (unpaired) electrons. The number of halogens is 1. The predicted molar refractivity (Wildman–Crippen MR) is 90.3 cm³/mol. The molecule has 1 aromatic carbocycles. The molecule has 0 aliphatic heterocycles. The van der Waals surface area contributed by atoms with Crippen LogP contribution in [0.15, 0.2) is 36.4 Å². The zero-order valence-corrected chi connectivity index (χ0v) is 14.1. The number of aryl methyl sites for hydroxylation is 1. The quantitative estimate of drug-likeness (QED) is 0.785. The van der Waals surface area contributed by atoms with Gasteiger partial charge < -0.3 is 5.32 Å². The molecule has 1 N–H and O–H groups in total. The number of benzene rings is 1. The third-order valence-corrected chi connectivity index (χ3v) is 3.47. The average Bonchev–Trinajstić information content (AvgIpc) is 2.91. The van der Waals surface area contributed by atoms with Gasteiger partial charge in [-0.3, -0.25) is 4.79 Å². The molecule has 6 heteroatoms. The van der Waals surface area contributed by atoms with Gasteiger partial charge in [0, 0.05) is 22.9 Å². The fraction of sp³-hybridized carbons (Fsp3) is 0.278. The Balaban J connectivity index is 2.02. The summed E-state index contributed by atoms with van der Waals surface area (Å²) in [5.74, 6) is -0.530. The molecule has 124 valence electrons. The standard InChI is InChI=1S/C18H19FN4O/c1-11-9-14(12-5-7-13(19)8-6-12)20-16-10-15(22-23(11)16)17(24)21-18(2,3)4/h5-10H,1-4H3,(H,21,24). The monoisotopic (exact) mass is 326 g/mol. The van der Waals surface area contributed by atoms with E-state index in [9.17, 15) is 9.18 Å². The van der Waals surface area contributed by atoms with Crippen LogP contribution in [-0.2, 0) is 0 Å². The van der Waals surface area contributed by atoms with E-state index < -0.39 is 0 Å². The first-order valence-corrected chi connectivity index (χ1v) is 7.69. The zero-order valence-electron chi connectivity index (χ0n) is 14.1. The number of aromatic nitrogens is 3. The van der Waals surface area contributed by atoms with E-state index in [2.05, 4.69) is 15.4 Å². The maximum Gasteiger partial charge on any atom is 0.272 e. The molecular formula is C18H19FN4O. The van der Waals surface area contributed by atoms with Crippen LogP contribution in [0.4, 0.5) is 4.39 Å². The Kier molecular flexibility index (Phi) is 3.83. The minimum Gasteiger partial charge on any atom is -0.346 e. The average molecular weight is 326 g/mol. The summed E-state index contributed by atoms with van der Waals surface area (Å²) in [6, 6.07) is 9.67. The molecule has 3 rings (SSSR count). The highest BCUT2D eigenvalue weighted by atomic mass is 19.1. The first-order valence-electron chi connectivity index (χ1n) is 7.69. The van der Waals surface area contributed by atoms with Crippen LogP contribution in [0.25, 0.3) is 16.9 Å². The van der Waals surface area contributed by atoms with Crippen LogP contribution < -0.4 is 5.32 Å². The smallest absolute Gasteiger partial charge is 0.272 e. The van der Waals surface area contributed by atoms with Crippen LogP contribution in [0.5, 0.6) is 0 Å². The summed E-state index contributed by atoms with van der Waals surface area (Å²) in [5.41, 5.74) is 2.92. The molecule has 0 spiro atoms. The maximum absolute atomic E-state index is 13.1. The highest BCUT2D eigenvalue weighted by molar-refractivity contribution is 5.93. The minimum atomic E-state index is -0.339. The summed E-state index contributed by atoms with van der Waals surface area (Å²) in [7, 11) is 0. The lowest BCUT2D eigenvalue weighted by Crippen LogP contribution is -2.40. The second-order valence-electron chi connectivity index (χ2n) is 6.79. The summed E-state index contributed by atoms with van der Waals surface area (Å²) in [5, 5.41) is 7.21. The van der Waals surface area contributed by atoms with E-state index in [0.717, 1.165) is 11.3 Å². The van der Waals surface area contributed by atoms with Gasteiger partial charge in [0.15, 0.2) is 11.3 Å². The summed E-state index contributed by atoms with van der Waals surface area (Å²) < 4.78 is 14.7. The van der Waals surface area contributed by atoms with Gasteiger partial charge in [-0.1, -0.05) is 0 Å². The Morgan fingerprint density at radius 1 is 1.17 bits per heavy atom. The second-order valence-corrected chi connectivity index (χ2v) is 6.79. The number of hydrogen-bond acceptors (Lipinski definition) is 3. The Morgan fingerprint density at radius 2 is 1.83 bits per heavy atom. The molecule has 3 aromatic rings. The number of amides is 1. The van der Waals surface area contributed by atoms with Crippen molar-refractivity contribution in [1.82, 2.24) is 19.9 Å². The molecule has 0 bridgehead atoms. The van der Waals surface area contributed by atoms with E-state index >= 15 is 0 Å². The van der Waals surface area contributed by atoms with Crippen molar-refractivity contribution in [2.24, 2.45) is 0 Å². The van der Waals surface area contributed by atoms with Gasteiger partial charge in [-0.05, 0) is 58.0 Å². The largest absolute Gasteiger partial charge is 0.346 e. The molecule has 0 aliphatic carbocycles. The zero-order chi connectivity index (χ0) is 17.5. The SMILES string of the molecule is Cc1cc(-c2ccc(F)cc2)nc2cc(C(=O)NC(C)(C)C)nn12. The van der Waals surface area contributed by atoms with Gasteiger partial charge in [-0.15, -0.1) is 0 Å². The second kappa shape index (κ2) is 5.70. The molecule has 0 unspecified atom stereocenters. The summed E-state index contributed by atoms with van der Waals surface area (Å²) in [6.07, 6.45) is 0. The minimum absolute atomic E-state index is 0.240. The van der Waals surface area contributed by atoms with Crippen LogP contribution in [0.2, 0.25) is 0 Å². The normalized spacial score (nSPS) is 11.7. The van der Waals surface area contributed by atoms with Gasteiger partial charge in [0.1, 0.15) is 5.82 Å². The van der Waals surface area contributed by atoms with Crippen molar-refractivity contribution in [3.05, 3.63) is 53.6 Å². The number of fused-ring (bicyclic) bond motifs is 1. The number of hydrogen-bond donors (Lipinski definition) is 1. The molecule has 0 saturated heterocycles. The Morgan fingerprint density at radius 3 is 2.46 bits per heavy atom. The van der Waals surface area contributed by atoms with E-state index in [1.54, 1.807) is 22.7 Å². The van der Waals surface area contributed by atoms with Crippen LogP contribution in [0.3, 0.4) is 0 Å². The number of carbonyl (C=O) groups is 1. The van der Waals surface area contributed by atoms with Crippen LogP contribution in [0.1, 0.15) is 37.0 Å². The number of carbonyl (C=O) groups excluding carboxylic acids is 1. The van der Waals surface area contributed by atoms with Gasteiger partial charge in [-0.2, -0.15) is 5.10 Å². The fourth-order valence-electron chi connectivity index (χ4n) is 2.41. The number of rotatable bonds is 2. The molecule has 2 heterocycles. The van der Waals surface area contributed by atoms with E-state index in [1.807, 2.05) is 33.8 Å². The van der Waals surface area contributed by atoms with Crippen molar-refractivity contribution < 1.29 is 9.18 Å². The summed E-state index contributed by atoms with van der Waals surface area (Å²) in [4.78, 5) is 16.8. The van der Waals surface area contributed by atoms with Crippen molar-refractivity contribution in [3.8, 4) is 11.3 Å². The molecule has 2 aromatic heterocycles. The Hall–Kier alpha value is -2.76. The van der Waals surface area contributed by atoms with E-state index in [-0.39, 0.29) is 17.3 Å². The van der Waals surface area contributed by atoms with Gasteiger partial charge in [-0.25, -0.2) is 13.9 Å². The van der Waals surface area contributed by atoms with Crippen molar-refractivity contribution in [2.75, 3.05) is 0 Å². The molecule has 0 saturated carbocycles. The van der Waals surface area contributed by atoms with Gasteiger partial charge >= 0.3 is 0 Å². The molecule has 24 heavy (non-hydrogen) atoms. The number of nitrogens with one attached hydrogen (secondary N) is 1. The molecule has 0 fully saturated rings. The third kappa shape index (κ3) is 3.27. The van der Waals surface area contributed by atoms with Crippen molar-refractivity contribution in [3.63, 3.8) is 0 Å². The van der Waals surface area contributed by atoms with E-state index in [1.165, 1.54) is 12.1 Å². The molecule has 1 amide bonds. The van der Waals surface area contributed by atoms with Crippen molar-refractivity contribution in [1.29, 1.82) is 0 Å². The molecular weight excluding hydrogens is 307 g/mol. The van der Waals surface area contributed by atoms with Crippen LogP contribution in [-0.4, -0.2) is 26.0 Å². The highest BCUT2D eigenvalue weighted by Crippen LogP contribution is 2.20. The van der Waals surface area contributed by atoms with Crippen LogP contribution >= 0.6 is 0 Å². The van der Waals surface area contributed by atoms with Gasteiger partial charge in [0.25, 0.3) is 5.91 Å². The number of nitrogens with zero attached hydrogens (tertiary/aromatic N) is 3. The van der Waals surface area contributed by atoms with Gasteiger partial charge in [0.2, 0.25) is 0 Å². The topological polar surface area (TPSA) is 59.3 Å². The van der Waals surface area contributed by atoms with E-state index in [0.29, 0.717) is 17.0 Å². The third-order valence-electron chi connectivity index (χ3n) is 3.47. The first-order chi connectivity index (χ1) is 11.2. The molecule has 0 atom stereocenters. The lowest BCUT2D eigenvalue weighted by atomic mass is 10.1. The van der Waals surface area contributed by atoms with Gasteiger partial charge in [0.05, 0.1) is 5.69 Å². The highest BCUT2D eigenvalue weighted by Gasteiger charge is 2.19. The first kappa shape index (κ1) is 16.1.